The van der Waals surface area contributed by atoms with E-state index < -0.39 is 5.91 Å². The third kappa shape index (κ3) is 4.95. The molecule has 0 radical (unpaired) electrons. The van der Waals surface area contributed by atoms with Crippen LogP contribution in [0.4, 0.5) is 5.82 Å². The van der Waals surface area contributed by atoms with Crippen molar-refractivity contribution in [1.82, 2.24) is 14.9 Å². The molecule has 1 aliphatic rings. The summed E-state index contributed by atoms with van der Waals surface area (Å²) in [6.45, 7) is 5.72. The van der Waals surface area contributed by atoms with Crippen molar-refractivity contribution in [1.29, 1.82) is 0 Å². The number of primary amides is 1. The van der Waals surface area contributed by atoms with Gasteiger partial charge >= 0.3 is 0 Å². The van der Waals surface area contributed by atoms with Crippen LogP contribution in [-0.4, -0.2) is 67.2 Å². The second-order valence-electron chi connectivity index (χ2n) is 5.21. The van der Waals surface area contributed by atoms with E-state index in [4.69, 9.17) is 10.5 Å². The van der Waals surface area contributed by atoms with Gasteiger partial charge in [0, 0.05) is 26.7 Å². The quantitative estimate of drug-likeness (QED) is 0.719. The molecule has 0 aliphatic carbocycles. The Morgan fingerprint density at radius 2 is 2.14 bits per heavy atom. The summed E-state index contributed by atoms with van der Waals surface area (Å²) in [6.07, 6.45) is 5.23. The highest BCUT2D eigenvalue weighted by molar-refractivity contribution is 5.90. The average molecular weight is 293 g/mol. The summed E-state index contributed by atoms with van der Waals surface area (Å²) in [5.41, 5.74) is 5.41. The van der Waals surface area contributed by atoms with E-state index in [0.717, 1.165) is 52.2 Å². The van der Waals surface area contributed by atoms with Crippen LogP contribution in [0.5, 0.6) is 0 Å². The normalized spacial score (nSPS) is 15.9. The van der Waals surface area contributed by atoms with Crippen LogP contribution >= 0.6 is 0 Å². The van der Waals surface area contributed by atoms with Crippen molar-refractivity contribution < 1.29 is 9.53 Å². The molecular weight excluding hydrogens is 270 g/mol. The molecule has 0 atom stereocenters. The highest BCUT2D eigenvalue weighted by atomic mass is 16.5. The van der Waals surface area contributed by atoms with Gasteiger partial charge in [-0.25, -0.2) is 4.98 Å². The van der Waals surface area contributed by atoms with E-state index in [1.54, 1.807) is 6.20 Å². The Morgan fingerprint density at radius 3 is 2.86 bits per heavy atom. The van der Waals surface area contributed by atoms with Crippen LogP contribution in [0.15, 0.2) is 12.4 Å². The minimum absolute atomic E-state index is 0.202. The first-order valence-corrected chi connectivity index (χ1v) is 7.30. The van der Waals surface area contributed by atoms with Crippen molar-refractivity contribution in [2.24, 2.45) is 5.73 Å². The van der Waals surface area contributed by atoms with Gasteiger partial charge in [0.15, 0.2) is 0 Å². The molecule has 21 heavy (non-hydrogen) atoms. The molecule has 0 spiro atoms. The molecule has 0 aromatic carbocycles. The molecule has 1 saturated heterocycles. The number of nitrogens with two attached hydrogens (primary N) is 1. The van der Waals surface area contributed by atoms with Gasteiger partial charge in [-0.3, -0.25) is 14.7 Å². The van der Waals surface area contributed by atoms with E-state index >= 15 is 0 Å². The SMILES string of the molecule is CN(CCCCN1CCOCC1)c1cncc(C(N)=O)n1. The molecule has 7 heteroatoms. The van der Waals surface area contributed by atoms with Gasteiger partial charge in [0.2, 0.25) is 0 Å². The standard InChI is InChI=1S/C14H23N5O2/c1-18(13-11-16-10-12(17-13)14(15)20)4-2-3-5-19-6-8-21-9-7-19/h10-11H,2-9H2,1H3,(H2,15,20). The highest BCUT2D eigenvalue weighted by Gasteiger charge is 2.10. The number of hydrogen-bond donors (Lipinski definition) is 1. The number of aromatic nitrogens is 2. The number of carbonyl (C=O) groups is 1. The lowest BCUT2D eigenvalue weighted by molar-refractivity contribution is 0.0372. The molecule has 2 rings (SSSR count). The number of morpholine rings is 1. The number of unbranched alkanes of at least 4 members (excludes halogenated alkanes) is 1. The van der Waals surface area contributed by atoms with E-state index in [1.165, 1.54) is 6.20 Å². The van der Waals surface area contributed by atoms with Crippen LogP contribution < -0.4 is 10.6 Å². The maximum atomic E-state index is 11.1. The van der Waals surface area contributed by atoms with Gasteiger partial charge in [-0.1, -0.05) is 0 Å². The van der Waals surface area contributed by atoms with Gasteiger partial charge in [-0.15, -0.1) is 0 Å². The number of rotatable bonds is 7. The first kappa shape index (κ1) is 15.7. The van der Waals surface area contributed by atoms with Gasteiger partial charge in [-0.2, -0.15) is 0 Å². The molecule has 0 bridgehead atoms. The average Bonchev–Trinajstić information content (AvgIpc) is 2.52. The Balaban J connectivity index is 1.72. The lowest BCUT2D eigenvalue weighted by Crippen LogP contribution is -2.37. The molecule has 7 nitrogen and oxygen atoms in total. The van der Waals surface area contributed by atoms with Crippen molar-refractivity contribution in [3.8, 4) is 0 Å². The lowest BCUT2D eigenvalue weighted by Gasteiger charge is -2.26. The predicted molar refractivity (Wildman–Crippen MR) is 80.3 cm³/mol. The molecule has 2 N–H and O–H groups in total. The minimum atomic E-state index is -0.551. The van der Waals surface area contributed by atoms with Crippen LogP contribution in [0.2, 0.25) is 0 Å². The summed E-state index contributed by atoms with van der Waals surface area (Å²) in [5.74, 6) is 0.128. The molecular formula is C14H23N5O2. The van der Waals surface area contributed by atoms with Crippen molar-refractivity contribution in [3.63, 3.8) is 0 Å². The fourth-order valence-electron chi connectivity index (χ4n) is 2.28. The molecule has 1 aromatic rings. The fraction of sp³-hybridized carbons (Fsp3) is 0.643. The van der Waals surface area contributed by atoms with E-state index in [0.29, 0.717) is 5.82 Å². The summed E-state index contributed by atoms with van der Waals surface area (Å²) < 4.78 is 5.33. The van der Waals surface area contributed by atoms with Gasteiger partial charge < -0.3 is 15.4 Å². The van der Waals surface area contributed by atoms with Crippen molar-refractivity contribution in [3.05, 3.63) is 18.1 Å². The van der Waals surface area contributed by atoms with Gasteiger partial charge in [0.05, 0.1) is 25.6 Å². The zero-order chi connectivity index (χ0) is 15.1. The summed E-state index contributed by atoms with van der Waals surface area (Å²) in [5, 5.41) is 0. The number of hydrogen-bond acceptors (Lipinski definition) is 6. The second-order valence-corrected chi connectivity index (χ2v) is 5.21. The number of carbonyl (C=O) groups excluding carboxylic acids is 1. The first-order chi connectivity index (χ1) is 10.2. The number of nitrogens with zero attached hydrogens (tertiary/aromatic N) is 4. The van der Waals surface area contributed by atoms with Crippen LogP contribution in [0.25, 0.3) is 0 Å². The Labute approximate surface area is 125 Å². The number of anilines is 1. The number of ether oxygens (including phenoxy) is 1. The van der Waals surface area contributed by atoms with E-state index in [-0.39, 0.29) is 5.69 Å². The maximum Gasteiger partial charge on any atom is 0.268 e. The molecule has 2 heterocycles. The third-order valence-corrected chi connectivity index (χ3v) is 3.59. The summed E-state index contributed by atoms with van der Waals surface area (Å²) in [4.78, 5) is 23.7. The summed E-state index contributed by atoms with van der Waals surface area (Å²) in [6, 6.07) is 0. The Kier molecular flexibility index (Phi) is 5.89. The van der Waals surface area contributed by atoms with Gasteiger partial charge in [0.1, 0.15) is 11.5 Å². The van der Waals surface area contributed by atoms with E-state index in [1.807, 2.05) is 11.9 Å². The zero-order valence-electron chi connectivity index (χ0n) is 12.5. The lowest BCUT2D eigenvalue weighted by atomic mass is 10.2. The number of amides is 1. The van der Waals surface area contributed by atoms with Crippen LogP contribution in [0.3, 0.4) is 0 Å². The maximum absolute atomic E-state index is 11.1. The van der Waals surface area contributed by atoms with Crippen LogP contribution in [-0.2, 0) is 4.74 Å². The molecule has 1 fully saturated rings. The first-order valence-electron chi connectivity index (χ1n) is 7.30. The molecule has 1 aliphatic heterocycles. The molecule has 1 aromatic heterocycles. The Morgan fingerprint density at radius 1 is 1.38 bits per heavy atom. The van der Waals surface area contributed by atoms with Crippen LogP contribution in [0, 0.1) is 0 Å². The topological polar surface area (TPSA) is 84.6 Å². The van der Waals surface area contributed by atoms with E-state index in [9.17, 15) is 4.79 Å². The minimum Gasteiger partial charge on any atom is -0.379 e. The van der Waals surface area contributed by atoms with Crippen molar-refractivity contribution in [2.45, 2.75) is 12.8 Å². The van der Waals surface area contributed by atoms with Crippen LogP contribution in [0.1, 0.15) is 23.3 Å². The van der Waals surface area contributed by atoms with Crippen molar-refractivity contribution in [2.75, 3.05) is 51.3 Å². The monoisotopic (exact) mass is 293 g/mol. The summed E-state index contributed by atoms with van der Waals surface area (Å²) >= 11 is 0. The molecule has 116 valence electrons. The smallest absolute Gasteiger partial charge is 0.268 e. The second kappa shape index (κ2) is 7.90. The predicted octanol–water partition coefficient (Wildman–Crippen LogP) is 0.124. The zero-order valence-corrected chi connectivity index (χ0v) is 12.5. The Bertz CT molecular complexity index is 462. The van der Waals surface area contributed by atoms with Crippen molar-refractivity contribution >= 4 is 11.7 Å². The molecule has 0 saturated carbocycles. The van der Waals surface area contributed by atoms with Gasteiger partial charge in [0.25, 0.3) is 5.91 Å². The van der Waals surface area contributed by atoms with Gasteiger partial charge in [-0.05, 0) is 19.4 Å². The Hall–Kier alpha value is -1.73. The third-order valence-electron chi connectivity index (χ3n) is 3.59. The van der Waals surface area contributed by atoms with E-state index in [2.05, 4.69) is 14.9 Å². The molecule has 0 unspecified atom stereocenters. The summed E-state index contributed by atoms with van der Waals surface area (Å²) in [7, 11) is 1.95. The molecule has 1 amide bonds. The fourth-order valence-corrected chi connectivity index (χ4v) is 2.28. The highest BCUT2D eigenvalue weighted by Crippen LogP contribution is 2.09. The largest absolute Gasteiger partial charge is 0.379 e.